The van der Waals surface area contributed by atoms with E-state index in [1.54, 1.807) is 0 Å². The van der Waals surface area contributed by atoms with Crippen LogP contribution in [0.3, 0.4) is 0 Å². The lowest BCUT2D eigenvalue weighted by Gasteiger charge is -2.09. The van der Waals surface area contributed by atoms with E-state index in [0.717, 1.165) is 18.2 Å². The summed E-state index contributed by atoms with van der Waals surface area (Å²) in [7, 11) is 0. The van der Waals surface area contributed by atoms with Gasteiger partial charge in [-0.3, -0.25) is 20.2 Å². The van der Waals surface area contributed by atoms with Crippen molar-refractivity contribution < 1.29 is 19.6 Å². The summed E-state index contributed by atoms with van der Waals surface area (Å²) < 4.78 is 4.51. The number of benzene rings is 2. The third-order valence-electron chi connectivity index (χ3n) is 3.10. The Balaban J connectivity index is 2.15. The highest BCUT2D eigenvalue weighted by atomic mass is 35.5. The molecule has 0 saturated carbocycles. The van der Waals surface area contributed by atoms with Crippen molar-refractivity contribution in [2.45, 2.75) is 0 Å². The summed E-state index contributed by atoms with van der Waals surface area (Å²) in [6.45, 7) is 0. The highest BCUT2D eigenvalue weighted by Gasteiger charge is 2.23. The molecule has 0 spiro atoms. The average Bonchev–Trinajstić information content (AvgIpc) is 2.98. The Hall–Kier alpha value is -3.47. The molecule has 24 heavy (non-hydrogen) atoms. The van der Waals surface area contributed by atoms with E-state index < -0.39 is 15.5 Å². The molecule has 0 bridgehead atoms. The quantitative estimate of drug-likeness (QED) is 0.409. The number of fused-ring (bicyclic) bond motifs is 1. The van der Waals surface area contributed by atoms with Gasteiger partial charge in [0.25, 0.3) is 5.69 Å². The summed E-state index contributed by atoms with van der Waals surface area (Å²) in [5.41, 5.74) is -0.888. The molecular weight excluding hydrogens is 346 g/mol. The molecule has 1 heterocycles. The number of phenolic OH excluding ortho intramolecular Hbond substituents is 1. The van der Waals surface area contributed by atoms with Crippen LogP contribution in [-0.2, 0) is 0 Å². The van der Waals surface area contributed by atoms with Gasteiger partial charge in [-0.05, 0) is 16.4 Å². The van der Waals surface area contributed by atoms with Crippen molar-refractivity contribution >= 4 is 45.4 Å². The number of anilines is 2. The van der Waals surface area contributed by atoms with Gasteiger partial charge in [-0.15, -0.1) is 0 Å². The topological polar surface area (TPSA) is 157 Å². The van der Waals surface area contributed by atoms with Gasteiger partial charge >= 0.3 is 5.69 Å². The zero-order chi connectivity index (χ0) is 17.4. The first-order valence-corrected chi connectivity index (χ1v) is 6.60. The Labute approximate surface area is 136 Å². The van der Waals surface area contributed by atoms with Crippen LogP contribution in [0.2, 0.25) is 5.02 Å². The second-order valence-corrected chi connectivity index (χ2v) is 4.96. The Bertz CT molecular complexity index is 987. The number of hydrogen-bond acceptors (Lipinski definition) is 9. The molecule has 11 nitrogen and oxygen atoms in total. The van der Waals surface area contributed by atoms with Gasteiger partial charge in [-0.25, -0.2) is 4.63 Å². The van der Waals surface area contributed by atoms with E-state index in [4.69, 9.17) is 11.6 Å². The smallest absolute Gasteiger partial charge is 0.300 e. The monoisotopic (exact) mass is 351 g/mol. The van der Waals surface area contributed by atoms with Crippen molar-refractivity contribution in [1.29, 1.82) is 0 Å². The second kappa shape index (κ2) is 5.62. The first-order valence-electron chi connectivity index (χ1n) is 6.22. The standard InChI is InChI=1S/C12H6ClN5O6/c13-6-3-5(19)4-9(18(22)23)10(6)14-7-1-2-8(17(20)21)12-11(7)15-24-16-12/h1-4,14,19H. The summed E-state index contributed by atoms with van der Waals surface area (Å²) in [5.74, 6) is -0.380. The SMILES string of the molecule is O=[N+]([O-])c1cc(O)cc(Cl)c1Nc1ccc([N+](=O)[O-])c2nonc12. The summed E-state index contributed by atoms with van der Waals surface area (Å²) >= 11 is 5.94. The predicted octanol–water partition coefficient (Wildman–Crippen LogP) is 3.14. The summed E-state index contributed by atoms with van der Waals surface area (Å²) in [6, 6.07) is 4.46. The maximum Gasteiger partial charge on any atom is 0.300 e. The largest absolute Gasteiger partial charge is 0.508 e. The summed E-state index contributed by atoms with van der Waals surface area (Å²) in [5, 5.41) is 41.1. The van der Waals surface area contributed by atoms with Crippen molar-refractivity contribution in [3.05, 3.63) is 49.5 Å². The number of halogens is 1. The first-order chi connectivity index (χ1) is 11.4. The van der Waals surface area contributed by atoms with Crippen LogP contribution in [0.4, 0.5) is 22.7 Å². The minimum absolute atomic E-state index is 0.00244. The first kappa shape index (κ1) is 15.4. The molecule has 0 aliphatic carbocycles. The maximum atomic E-state index is 11.1. The fourth-order valence-corrected chi connectivity index (χ4v) is 2.34. The van der Waals surface area contributed by atoms with Crippen LogP contribution in [0.15, 0.2) is 28.9 Å². The van der Waals surface area contributed by atoms with Crippen LogP contribution in [0.25, 0.3) is 11.0 Å². The van der Waals surface area contributed by atoms with Crippen LogP contribution < -0.4 is 5.32 Å². The van der Waals surface area contributed by atoms with E-state index in [1.165, 1.54) is 6.07 Å². The molecule has 3 rings (SSSR count). The molecule has 0 fully saturated rings. The fourth-order valence-electron chi connectivity index (χ4n) is 2.08. The minimum atomic E-state index is -0.739. The molecule has 0 amide bonds. The number of aromatic hydroxyl groups is 1. The van der Waals surface area contributed by atoms with Gasteiger partial charge < -0.3 is 10.4 Å². The molecule has 0 aliphatic heterocycles. The fraction of sp³-hybridized carbons (Fsp3) is 0. The van der Waals surface area contributed by atoms with E-state index in [-0.39, 0.29) is 38.9 Å². The number of nitrogens with zero attached hydrogens (tertiary/aromatic N) is 4. The Morgan fingerprint density at radius 3 is 2.42 bits per heavy atom. The lowest BCUT2D eigenvalue weighted by molar-refractivity contribution is -0.384. The normalized spacial score (nSPS) is 10.7. The van der Waals surface area contributed by atoms with Crippen LogP contribution >= 0.6 is 11.6 Å². The Morgan fingerprint density at radius 2 is 1.75 bits per heavy atom. The van der Waals surface area contributed by atoms with Crippen molar-refractivity contribution in [3.63, 3.8) is 0 Å². The van der Waals surface area contributed by atoms with Gasteiger partial charge in [0.05, 0.1) is 26.6 Å². The molecule has 3 aromatic rings. The number of aromatic nitrogens is 2. The van der Waals surface area contributed by atoms with Gasteiger partial charge in [-0.1, -0.05) is 11.6 Å². The van der Waals surface area contributed by atoms with Gasteiger partial charge in [0.1, 0.15) is 11.4 Å². The molecule has 2 N–H and O–H groups in total. The van der Waals surface area contributed by atoms with Gasteiger partial charge in [0.2, 0.25) is 5.52 Å². The van der Waals surface area contributed by atoms with E-state index in [0.29, 0.717) is 0 Å². The molecule has 2 aromatic carbocycles. The summed E-state index contributed by atoms with van der Waals surface area (Å²) in [4.78, 5) is 20.7. The molecule has 0 radical (unpaired) electrons. The van der Waals surface area contributed by atoms with Crippen molar-refractivity contribution in [2.24, 2.45) is 0 Å². The maximum absolute atomic E-state index is 11.1. The van der Waals surface area contributed by atoms with E-state index in [1.807, 2.05) is 0 Å². The molecule has 0 aliphatic rings. The van der Waals surface area contributed by atoms with Crippen LogP contribution in [0.5, 0.6) is 5.75 Å². The summed E-state index contributed by atoms with van der Waals surface area (Å²) in [6.07, 6.45) is 0. The lowest BCUT2D eigenvalue weighted by atomic mass is 10.2. The molecule has 122 valence electrons. The number of nitro groups is 2. The third kappa shape index (κ3) is 2.52. The van der Waals surface area contributed by atoms with E-state index in [9.17, 15) is 25.3 Å². The van der Waals surface area contributed by atoms with Crippen molar-refractivity contribution in [3.8, 4) is 5.75 Å². The highest BCUT2D eigenvalue weighted by molar-refractivity contribution is 6.34. The van der Waals surface area contributed by atoms with E-state index in [2.05, 4.69) is 20.3 Å². The van der Waals surface area contributed by atoms with Crippen LogP contribution in [-0.4, -0.2) is 25.3 Å². The number of rotatable bonds is 4. The molecule has 12 heteroatoms. The minimum Gasteiger partial charge on any atom is -0.508 e. The predicted molar refractivity (Wildman–Crippen MR) is 81.5 cm³/mol. The number of nitro benzene ring substituents is 2. The molecular formula is C12H6ClN5O6. The van der Waals surface area contributed by atoms with Crippen molar-refractivity contribution in [1.82, 2.24) is 10.3 Å². The number of phenols is 1. The molecule has 0 saturated heterocycles. The number of hydrogen-bond donors (Lipinski definition) is 2. The molecule has 0 unspecified atom stereocenters. The molecule has 0 atom stereocenters. The number of nitrogens with one attached hydrogen (secondary N) is 1. The zero-order valence-electron chi connectivity index (χ0n) is 11.5. The zero-order valence-corrected chi connectivity index (χ0v) is 12.2. The lowest BCUT2D eigenvalue weighted by Crippen LogP contribution is -1.99. The van der Waals surface area contributed by atoms with Crippen LogP contribution in [0.1, 0.15) is 0 Å². The van der Waals surface area contributed by atoms with Gasteiger partial charge in [-0.2, -0.15) is 0 Å². The third-order valence-corrected chi connectivity index (χ3v) is 3.40. The van der Waals surface area contributed by atoms with Gasteiger partial charge in [0.15, 0.2) is 5.52 Å². The van der Waals surface area contributed by atoms with E-state index >= 15 is 0 Å². The Kier molecular flexibility index (Phi) is 3.62. The average molecular weight is 352 g/mol. The number of non-ortho nitro benzene ring substituents is 1. The second-order valence-electron chi connectivity index (χ2n) is 4.55. The van der Waals surface area contributed by atoms with Crippen molar-refractivity contribution in [2.75, 3.05) is 5.32 Å². The van der Waals surface area contributed by atoms with Crippen LogP contribution in [0, 0.1) is 20.2 Å². The highest BCUT2D eigenvalue weighted by Crippen LogP contribution is 2.39. The van der Waals surface area contributed by atoms with Gasteiger partial charge in [0, 0.05) is 12.1 Å². The molecule has 1 aromatic heterocycles. The Morgan fingerprint density at radius 1 is 1.08 bits per heavy atom.